The highest BCUT2D eigenvalue weighted by atomic mass is 16.5. The Morgan fingerprint density at radius 3 is 2.80 bits per heavy atom. The fourth-order valence-corrected chi connectivity index (χ4v) is 2.49. The van der Waals surface area contributed by atoms with E-state index >= 15 is 0 Å². The van der Waals surface area contributed by atoms with Crippen molar-refractivity contribution in [3.63, 3.8) is 0 Å². The van der Waals surface area contributed by atoms with Gasteiger partial charge in [-0.05, 0) is 30.9 Å². The third-order valence-corrected chi connectivity index (χ3v) is 3.64. The number of carbonyl (C=O) groups excluding carboxylic acids is 1. The summed E-state index contributed by atoms with van der Waals surface area (Å²) in [6, 6.07) is 7.19. The molecule has 0 saturated heterocycles. The number of carbonyl (C=O) groups is 1. The number of esters is 1. The molecule has 0 aliphatic heterocycles. The quantitative estimate of drug-likeness (QED) is 0.641. The summed E-state index contributed by atoms with van der Waals surface area (Å²) in [4.78, 5) is 11.6. The minimum Gasteiger partial charge on any atom is -0.493 e. The van der Waals surface area contributed by atoms with Crippen LogP contribution in [0.2, 0.25) is 0 Å². The molecule has 2 rings (SSSR count). The second-order valence-electron chi connectivity index (χ2n) is 5.36. The van der Waals surface area contributed by atoms with Crippen molar-refractivity contribution in [2.75, 3.05) is 18.9 Å². The molecule has 0 heterocycles. The predicted molar refractivity (Wildman–Crippen MR) is 78.5 cm³/mol. The first-order valence-corrected chi connectivity index (χ1v) is 7.38. The number of hydrogen-bond donors (Lipinski definition) is 1. The maximum absolute atomic E-state index is 11.6. The molecule has 110 valence electrons. The van der Waals surface area contributed by atoms with Crippen LogP contribution < -0.4 is 10.5 Å². The number of nitrogens with two attached hydrogens (primary N) is 1. The SMILES string of the molecule is Nc1cccc(OCCC(=O)OCC2CCCCC2)c1. The minimum atomic E-state index is -0.181. The number of hydrogen-bond acceptors (Lipinski definition) is 4. The van der Waals surface area contributed by atoms with E-state index < -0.39 is 0 Å². The molecule has 1 fully saturated rings. The van der Waals surface area contributed by atoms with E-state index in [-0.39, 0.29) is 12.4 Å². The van der Waals surface area contributed by atoms with Gasteiger partial charge >= 0.3 is 5.97 Å². The molecule has 20 heavy (non-hydrogen) atoms. The normalized spacial score (nSPS) is 15.8. The summed E-state index contributed by atoms with van der Waals surface area (Å²) in [7, 11) is 0. The molecule has 0 unspecified atom stereocenters. The van der Waals surface area contributed by atoms with Gasteiger partial charge in [-0.25, -0.2) is 0 Å². The van der Waals surface area contributed by atoms with Crippen LogP contribution in [0.5, 0.6) is 5.75 Å². The number of nitrogen functional groups attached to an aromatic ring is 1. The summed E-state index contributed by atoms with van der Waals surface area (Å²) in [5.74, 6) is 1.06. The number of benzene rings is 1. The standard InChI is InChI=1S/C16H23NO3/c17-14-7-4-8-15(11-14)19-10-9-16(18)20-12-13-5-2-1-3-6-13/h4,7-8,11,13H,1-3,5-6,9-10,12,17H2. The maximum Gasteiger partial charge on any atom is 0.309 e. The van der Waals surface area contributed by atoms with Crippen LogP contribution in [0.15, 0.2) is 24.3 Å². The molecule has 1 aromatic carbocycles. The molecule has 1 aliphatic rings. The van der Waals surface area contributed by atoms with E-state index in [2.05, 4.69) is 0 Å². The van der Waals surface area contributed by atoms with Gasteiger partial charge in [-0.2, -0.15) is 0 Å². The summed E-state index contributed by atoms with van der Waals surface area (Å²) in [6.07, 6.45) is 6.50. The number of anilines is 1. The van der Waals surface area contributed by atoms with Gasteiger partial charge in [-0.15, -0.1) is 0 Å². The van der Waals surface area contributed by atoms with Crippen LogP contribution in [0.4, 0.5) is 5.69 Å². The van der Waals surface area contributed by atoms with Crippen LogP contribution in [0.3, 0.4) is 0 Å². The molecule has 4 heteroatoms. The van der Waals surface area contributed by atoms with Crippen molar-refractivity contribution in [1.82, 2.24) is 0 Å². The van der Waals surface area contributed by atoms with Gasteiger partial charge < -0.3 is 15.2 Å². The van der Waals surface area contributed by atoms with Crippen LogP contribution in [-0.4, -0.2) is 19.2 Å². The highest BCUT2D eigenvalue weighted by molar-refractivity contribution is 5.69. The average molecular weight is 277 g/mol. The Bertz CT molecular complexity index is 427. The predicted octanol–water partition coefficient (Wildman–Crippen LogP) is 3.16. The van der Waals surface area contributed by atoms with Crippen molar-refractivity contribution in [1.29, 1.82) is 0 Å². The fraction of sp³-hybridized carbons (Fsp3) is 0.562. The second-order valence-corrected chi connectivity index (χ2v) is 5.36. The van der Waals surface area contributed by atoms with Gasteiger partial charge in [0.1, 0.15) is 5.75 Å². The first-order valence-electron chi connectivity index (χ1n) is 7.38. The molecule has 1 saturated carbocycles. The molecule has 0 radical (unpaired) electrons. The van der Waals surface area contributed by atoms with Crippen molar-refractivity contribution in [2.24, 2.45) is 5.92 Å². The monoisotopic (exact) mass is 277 g/mol. The third-order valence-electron chi connectivity index (χ3n) is 3.64. The molecular formula is C16H23NO3. The van der Waals surface area contributed by atoms with Gasteiger partial charge in [0.05, 0.1) is 19.6 Å². The van der Waals surface area contributed by atoms with E-state index in [1.54, 1.807) is 12.1 Å². The Balaban J connectivity index is 1.60. The fourth-order valence-electron chi connectivity index (χ4n) is 2.49. The molecule has 0 amide bonds. The van der Waals surface area contributed by atoms with Crippen LogP contribution in [0.1, 0.15) is 38.5 Å². The lowest BCUT2D eigenvalue weighted by atomic mass is 9.90. The molecule has 1 aliphatic carbocycles. The molecule has 1 aromatic rings. The van der Waals surface area contributed by atoms with Gasteiger partial charge in [-0.1, -0.05) is 25.3 Å². The van der Waals surface area contributed by atoms with E-state index in [0.717, 1.165) is 0 Å². The van der Waals surface area contributed by atoms with Gasteiger partial charge in [0, 0.05) is 11.8 Å². The van der Waals surface area contributed by atoms with Crippen LogP contribution in [-0.2, 0) is 9.53 Å². The number of ether oxygens (including phenoxy) is 2. The maximum atomic E-state index is 11.6. The van der Waals surface area contributed by atoms with Crippen LogP contribution >= 0.6 is 0 Å². The van der Waals surface area contributed by atoms with Crippen molar-refractivity contribution < 1.29 is 14.3 Å². The summed E-state index contributed by atoms with van der Waals surface area (Å²) in [5, 5.41) is 0. The topological polar surface area (TPSA) is 61.5 Å². The summed E-state index contributed by atoms with van der Waals surface area (Å²) >= 11 is 0. The van der Waals surface area contributed by atoms with E-state index in [1.165, 1.54) is 32.1 Å². The van der Waals surface area contributed by atoms with Crippen molar-refractivity contribution in [3.8, 4) is 5.75 Å². The Hall–Kier alpha value is -1.71. The zero-order valence-electron chi connectivity index (χ0n) is 11.8. The Morgan fingerprint density at radius 2 is 2.05 bits per heavy atom. The molecule has 2 N–H and O–H groups in total. The zero-order chi connectivity index (χ0) is 14.2. The Kier molecular flexibility index (Phi) is 5.71. The lowest BCUT2D eigenvalue weighted by Gasteiger charge is -2.21. The lowest BCUT2D eigenvalue weighted by molar-refractivity contribution is -0.145. The summed E-state index contributed by atoms with van der Waals surface area (Å²) in [5.41, 5.74) is 6.30. The van der Waals surface area contributed by atoms with Crippen LogP contribution in [0.25, 0.3) is 0 Å². The van der Waals surface area contributed by atoms with Crippen molar-refractivity contribution in [3.05, 3.63) is 24.3 Å². The van der Waals surface area contributed by atoms with E-state index in [1.807, 2.05) is 12.1 Å². The van der Waals surface area contributed by atoms with Gasteiger partial charge in [0.2, 0.25) is 0 Å². The van der Waals surface area contributed by atoms with Gasteiger partial charge in [0.25, 0.3) is 0 Å². The van der Waals surface area contributed by atoms with E-state index in [9.17, 15) is 4.79 Å². The molecule has 0 atom stereocenters. The minimum absolute atomic E-state index is 0.181. The summed E-state index contributed by atoms with van der Waals surface area (Å²) in [6.45, 7) is 0.893. The third kappa shape index (κ3) is 5.11. The van der Waals surface area contributed by atoms with E-state index in [0.29, 0.717) is 30.6 Å². The van der Waals surface area contributed by atoms with Crippen LogP contribution in [0, 0.1) is 5.92 Å². The molecule has 0 aromatic heterocycles. The summed E-state index contributed by atoms with van der Waals surface area (Å²) < 4.78 is 10.8. The van der Waals surface area contributed by atoms with E-state index in [4.69, 9.17) is 15.2 Å². The lowest BCUT2D eigenvalue weighted by Crippen LogP contribution is -2.18. The second kappa shape index (κ2) is 7.78. The largest absolute Gasteiger partial charge is 0.493 e. The first kappa shape index (κ1) is 14.7. The van der Waals surface area contributed by atoms with Crippen molar-refractivity contribution >= 4 is 11.7 Å². The number of rotatable bonds is 6. The smallest absolute Gasteiger partial charge is 0.309 e. The van der Waals surface area contributed by atoms with Gasteiger partial charge in [-0.3, -0.25) is 4.79 Å². The van der Waals surface area contributed by atoms with Crippen molar-refractivity contribution in [2.45, 2.75) is 38.5 Å². The molecule has 0 spiro atoms. The Morgan fingerprint density at radius 1 is 1.25 bits per heavy atom. The molecular weight excluding hydrogens is 254 g/mol. The zero-order valence-corrected chi connectivity index (χ0v) is 11.8. The highest BCUT2D eigenvalue weighted by Crippen LogP contribution is 2.23. The molecule has 0 bridgehead atoms. The average Bonchev–Trinajstić information content (AvgIpc) is 2.46. The first-order chi connectivity index (χ1) is 9.74. The van der Waals surface area contributed by atoms with Gasteiger partial charge in [0.15, 0.2) is 0 Å². The highest BCUT2D eigenvalue weighted by Gasteiger charge is 2.15. The molecule has 4 nitrogen and oxygen atoms in total. The Labute approximate surface area is 120 Å².